The van der Waals surface area contributed by atoms with Crippen molar-refractivity contribution < 1.29 is 23.8 Å². The van der Waals surface area contributed by atoms with E-state index in [1.54, 1.807) is 42.5 Å². The largest absolute Gasteiger partial charge is 0.481 e. The Hall–Kier alpha value is -3.75. The number of hydrogen-bond donors (Lipinski definition) is 4. The van der Waals surface area contributed by atoms with Crippen molar-refractivity contribution in [2.45, 2.75) is 31.9 Å². The molecular formula is C27H28FN3O4. The van der Waals surface area contributed by atoms with Gasteiger partial charge in [0, 0.05) is 36.6 Å². The fraction of sp³-hybridized carbons (Fsp3) is 0.259. The zero-order valence-corrected chi connectivity index (χ0v) is 19.2. The van der Waals surface area contributed by atoms with Crippen molar-refractivity contribution in [2.75, 3.05) is 23.8 Å². The Morgan fingerprint density at radius 3 is 2.63 bits per heavy atom. The summed E-state index contributed by atoms with van der Waals surface area (Å²) >= 11 is 0. The quantitative estimate of drug-likeness (QED) is 0.363. The molecule has 3 aromatic rings. The number of carbonyl (C=O) groups is 2. The number of aliphatic carboxylic acids is 1. The van der Waals surface area contributed by atoms with Gasteiger partial charge in [-0.25, -0.2) is 4.39 Å². The zero-order chi connectivity index (χ0) is 24.8. The minimum atomic E-state index is -0.990. The first-order valence-electron chi connectivity index (χ1n) is 11.5. The van der Waals surface area contributed by atoms with Crippen LogP contribution in [0.4, 0.5) is 15.8 Å². The molecule has 7 nitrogen and oxygen atoms in total. The summed E-state index contributed by atoms with van der Waals surface area (Å²) in [6, 6.07) is 16.6. The van der Waals surface area contributed by atoms with Crippen LogP contribution in [0, 0.1) is 5.82 Å². The summed E-state index contributed by atoms with van der Waals surface area (Å²) < 4.78 is 19.9. The van der Waals surface area contributed by atoms with Gasteiger partial charge >= 0.3 is 5.97 Å². The van der Waals surface area contributed by atoms with Gasteiger partial charge in [-0.05, 0) is 77.6 Å². The van der Waals surface area contributed by atoms with E-state index in [1.807, 2.05) is 6.07 Å². The van der Waals surface area contributed by atoms with Crippen LogP contribution in [0.1, 0.15) is 34.3 Å². The summed E-state index contributed by atoms with van der Waals surface area (Å²) in [6.07, 6.45) is 1.86. The molecule has 1 amide bonds. The molecule has 3 aromatic carbocycles. The summed E-state index contributed by atoms with van der Waals surface area (Å²) in [5.41, 5.74) is 9.60. The molecule has 1 atom stereocenters. The topological polar surface area (TPSA) is 114 Å². The number of carboxylic acids is 1. The first-order valence-corrected chi connectivity index (χ1v) is 11.5. The lowest BCUT2D eigenvalue weighted by Gasteiger charge is -2.16. The minimum absolute atomic E-state index is 0.0943. The van der Waals surface area contributed by atoms with E-state index in [-0.39, 0.29) is 19.1 Å². The van der Waals surface area contributed by atoms with E-state index in [0.29, 0.717) is 45.7 Å². The summed E-state index contributed by atoms with van der Waals surface area (Å²) in [7, 11) is 0. The van der Waals surface area contributed by atoms with Crippen LogP contribution in [0.2, 0.25) is 0 Å². The number of hydrogen-bond acceptors (Lipinski definition) is 5. The maximum Gasteiger partial charge on any atom is 0.307 e. The maximum absolute atomic E-state index is 14.2. The SMILES string of the molecule is NCc1cc(F)cc(-c2cc(NCC3CCCO3)cc(C(=O)Nc3ccccc3CC(=O)O)c2)c1. The van der Waals surface area contributed by atoms with Gasteiger partial charge in [-0.1, -0.05) is 18.2 Å². The van der Waals surface area contributed by atoms with Crippen molar-refractivity contribution in [3.63, 3.8) is 0 Å². The molecule has 1 aliphatic heterocycles. The molecule has 1 unspecified atom stereocenters. The fourth-order valence-electron chi connectivity index (χ4n) is 4.15. The molecule has 1 aliphatic rings. The van der Waals surface area contributed by atoms with E-state index in [2.05, 4.69) is 10.6 Å². The van der Waals surface area contributed by atoms with Gasteiger partial charge in [-0.2, -0.15) is 0 Å². The van der Waals surface area contributed by atoms with Gasteiger partial charge in [0.2, 0.25) is 0 Å². The van der Waals surface area contributed by atoms with Crippen LogP contribution in [0.5, 0.6) is 0 Å². The second-order valence-electron chi connectivity index (χ2n) is 8.55. The number of anilines is 2. The lowest BCUT2D eigenvalue weighted by molar-refractivity contribution is -0.136. The standard InChI is InChI=1S/C27H28FN3O4/c28-22-9-17(15-29)8-19(11-22)20-10-21(13-23(12-20)30-16-24-5-3-7-35-24)27(34)31-25-6-2-1-4-18(25)14-26(32)33/h1-2,4,6,8-13,24,30H,3,5,7,14-16,29H2,(H,31,34)(H,32,33). The summed E-state index contributed by atoms with van der Waals surface area (Å²) in [4.78, 5) is 24.4. The van der Waals surface area contributed by atoms with Gasteiger partial charge in [0.25, 0.3) is 5.91 Å². The highest BCUT2D eigenvalue weighted by Crippen LogP contribution is 2.28. The monoisotopic (exact) mass is 477 g/mol. The lowest BCUT2D eigenvalue weighted by Crippen LogP contribution is -2.19. The third-order valence-electron chi connectivity index (χ3n) is 5.89. The average Bonchev–Trinajstić information content (AvgIpc) is 3.37. The highest BCUT2D eigenvalue weighted by atomic mass is 19.1. The average molecular weight is 478 g/mol. The van der Waals surface area contributed by atoms with Crippen LogP contribution in [0.3, 0.4) is 0 Å². The number of amides is 1. The summed E-state index contributed by atoms with van der Waals surface area (Å²) in [5.74, 6) is -1.80. The molecule has 1 fully saturated rings. The van der Waals surface area contributed by atoms with Crippen LogP contribution in [0.15, 0.2) is 60.7 Å². The molecule has 1 saturated heterocycles. The van der Waals surface area contributed by atoms with Crippen LogP contribution < -0.4 is 16.4 Å². The van der Waals surface area contributed by atoms with Crippen molar-refractivity contribution in [3.8, 4) is 11.1 Å². The van der Waals surface area contributed by atoms with Crippen LogP contribution in [-0.2, 0) is 22.5 Å². The van der Waals surface area contributed by atoms with Gasteiger partial charge < -0.3 is 26.2 Å². The smallest absolute Gasteiger partial charge is 0.307 e. The third kappa shape index (κ3) is 6.44. The van der Waals surface area contributed by atoms with Crippen molar-refractivity contribution >= 4 is 23.3 Å². The molecule has 8 heteroatoms. The molecule has 0 aliphatic carbocycles. The van der Waals surface area contributed by atoms with E-state index in [1.165, 1.54) is 12.1 Å². The van der Waals surface area contributed by atoms with E-state index >= 15 is 0 Å². The maximum atomic E-state index is 14.2. The number of benzene rings is 3. The molecule has 1 heterocycles. The second-order valence-corrected chi connectivity index (χ2v) is 8.55. The Labute approximate surface area is 203 Å². The number of ether oxygens (including phenoxy) is 1. The summed E-state index contributed by atoms with van der Waals surface area (Å²) in [5, 5.41) is 15.3. The van der Waals surface area contributed by atoms with E-state index < -0.39 is 17.7 Å². The fourth-order valence-corrected chi connectivity index (χ4v) is 4.15. The summed E-state index contributed by atoms with van der Waals surface area (Å²) in [6.45, 7) is 1.51. The van der Waals surface area contributed by atoms with Gasteiger partial charge in [0.15, 0.2) is 0 Å². The van der Waals surface area contributed by atoms with Crippen LogP contribution in [0.25, 0.3) is 11.1 Å². The number of nitrogens with one attached hydrogen (secondary N) is 2. The van der Waals surface area contributed by atoms with E-state index in [9.17, 15) is 19.1 Å². The molecule has 0 radical (unpaired) electrons. The van der Waals surface area contributed by atoms with Crippen LogP contribution >= 0.6 is 0 Å². The third-order valence-corrected chi connectivity index (χ3v) is 5.89. The van der Waals surface area contributed by atoms with Crippen molar-refractivity contribution in [2.24, 2.45) is 5.73 Å². The molecule has 0 spiro atoms. The van der Waals surface area contributed by atoms with E-state index in [4.69, 9.17) is 10.5 Å². The molecule has 0 bridgehead atoms. The predicted octanol–water partition coefficient (Wildman–Crippen LogP) is 4.42. The van der Waals surface area contributed by atoms with Crippen molar-refractivity contribution in [1.29, 1.82) is 0 Å². The highest BCUT2D eigenvalue weighted by Gasteiger charge is 2.17. The molecule has 4 rings (SSSR count). The van der Waals surface area contributed by atoms with E-state index in [0.717, 1.165) is 19.4 Å². The number of halogens is 1. The second kappa shape index (κ2) is 11.1. The number of rotatable bonds is 9. The van der Waals surface area contributed by atoms with Gasteiger partial charge in [0.05, 0.1) is 12.5 Å². The molecule has 0 saturated carbocycles. The molecule has 182 valence electrons. The first kappa shape index (κ1) is 24.4. The van der Waals surface area contributed by atoms with Crippen LogP contribution in [-0.4, -0.2) is 36.2 Å². The number of carbonyl (C=O) groups excluding carboxylic acids is 1. The molecule has 5 N–H and O–H groups in total. The van der Waals surface area contributed by atoms with Crippen molar-refractivity contribution in [1.82, 2.24) is 0 Å². The molecule has 0 aromatic heterocycles. The predicted molar refractivity (Wildman–Crippen MR) is 133 cm³/mol. The Bertz CT molecular complexity index is 1220. The number of para-hydroxylation sites is 1. The Morgan fingerprint density at radius 2 is 1.89 bits per heavy atom. The van der Waals surface area contributed by atoms with Gasteiger partial charge in [-0.3, -0.25) is 9.59 Å². The first-order chi connectivity index (χ1) is 16.9. The number of carboxylic acid groups (broad SMARTS) is 1. The Balaban J connectivity index is 1.66. The Morgan fingerprint density at radius 1 is 1.09 bits per heavy atom. The minimum Gasteiger partial charge on any atom is -0.481 e. The highest BCUT2D eigenvalue weighted by molar-refractivity contribution is 6.06. The zero-order valence-electron chi connectivity index (χ0n) is 19.2. The van der Waals surface area contributed by atoms with Gasteiger partial charge in [0.1, 0.15) is 5.82 Å². The Kier molecular flexibility index (Phi) is 7.74. The van der Waals surface area contributed by atoms with Crippen molar-refractivity contribution in [3.05, 3.63) is 83.2 Å². The molecule has 35 heavy (non-hydrogen) atoms. The normalized spacial score (nSPS) is 15.1. The van der Waals surface area contributed by atoms with Gasteiger partial charge in [-0.15, -0.1) is 0 Å². The molecular weight excluding hydrogens is 449 g/mol. The number of nitrogens with two attached hydrogens (primary N) is 1. The lowest BCUT2D eigenvalue weighted by atomic mass is 9.99.